The molecule has 290 valence electrons. The molecule has 0 N–H and O–H groups in total. The Morgan fingerprint density at radius 2 is 0.710 bits per heavy atom. The van der Waals surface area contributed by atoms with Gasteiger partial charge in [-0.2, -0.15) is 0 Å². The van der Waals surface area contributed by atoms with Crippen LogP contribution in [0.2, 0.25) is 0 Å². The third-order valence-corrected chi connectivity index (χ3v) is 12.7. The SMILES string of the molecule is O=c1c2cc(-n3c4ccccc4c4cc(-c5ccc6c(c5)c5ccccc5n6-c5ccccc5)ccc43)ccc2n2c3ccccc3c(-c3ccccc3)c2n1-c1ccccc1. The third-order valence-electron chi connectivity index (χ3n) is 12.7. The number of fused-ring (bicyclic) bond motifs is 11. The van der Waals surface area contributed by atoms with E-state index < -0.39 is 0 Å². The number of nitrogens with zero attached hydrogens (tertiary/aromatic N) is 4. The molecule has 0 bridgehead atoms. The van der Waals surface area contributed by atoms with Crippen LogP contribution in [-0.4, -0.2) is 18.1 Å². The summed E-state index contributed by atoms with van der Waals surface area (Å²) in [6.07, 6.45) is 0. The van der Waals surface area contributed by atoms with E-state index in [9.17, 15) is 0 Å². The summed E-state index contributed by atoms with van der Waals surface area (Å²) in [5, 5.41) is 6.51. The summed E-state index contributed by atoms with van der Waals surface area (Å²) in [4.78, 5) is 15.2. The minimum Gasteiger partial charge on any atom is -0.309 e. The Morgan fingerprint density at radius 3 is 1.31 bits per heavy atom. The summed E-state index contributed by atoms with van der Waals surface area (Å²) in [5.41, 5.74) is 14.6. The molecule has 0 fully saturated rings. The zero-order valence-corrected chi connectivity index (χ0v) is 33.5. The van der Waals surface area contributed by atoms with Crippen molar-refractivity contribution in [1.82, 2.24) is 18.1 Å². The second-order valence-electron chi connectivity index (χ2n) is 16.1. The number of hydrogen-bond donors (Lipinski definition) is 0. The summed E-state index contributed by atoms with van der Waals surface area (Å²) in [6, 6.07) is 76.8. The van der Waals surface area contributed by atoms with Crippen LogP contribution < -0.4 is 5.56 Å². The highest BCUT2D eigenvalue weighted by Gasteiger charge is 2.23. The molecule has 0 aliphatic rings. The van der Waals surface area contributed by atoms with Crippen molar-refractivity contribution in [3.05, 3.63) is 229 Å². The van der Waals surface area contributed by atoms with Gasteiger partial charge in [0.05, 0.1) is 44.2 Å². The molecule has 0 aliphatic carbocycles. The molecule has 0 spiro atoms. The monoisotopic (exact) mass is 792 g/mol. The summed E-state index contributed by atoms with van der Waals surface area (Å²) in [7, 11) is 0. The van der Waals surface area contributed by atoms with Gasteiger partial charge >= 0.3 is 0 Å². The topological polar surface area (TPSA) is 36.3 Å². The zero-order chi connectivity index (χ0) is 40.9. The summed E-state index contributed by atoms with van der Waals surface area (Å²) in [6.45, 7) is 0. The highest BCUT2D eigenvalue weighted by atomic mass is 16.1. The summed E-state index contributed by atoms with van der Waals surface area (Å²) in [5.74, 6) is 0. The van der Waals surface area contributed by atoms with E-state index in [4.69, 9.17) is 0 Å². The van der Waals surface area contributed by atoms with Crippen molar-refractivity contribution in [2.24, 2.45) is 0 Å². The first-order chi connectivity index (χ1) is 30.7. The highest BCUT2D eigenvalue weighted by molar-refractivity contribution is 6.13. The Kier molecular flexibility index (Phi) is 7.39. The van der Waals surface area contributed by atoms with E-state index >= 15 is 4.79 Å². The maximum atomic E-state index is 15.2. The van der Waals surface area contributed by atoms with Gasteiger partial charge in [0.2, 0.25) is 0 Å². The zero-order valence-electron chi connectivity index (χ0n) is 33.5. The van der Waals surface area contributed by atoms with Crippen molar-refractivity contribution in [1.29, 1.82) is 0 Å². The predicted molar refractivity (Wildman–Crippen MR) is 258 cm³/mol. The van der Waals surface area contributed by atoms with Gasteiger partial charge in [-0.1, -0.05) is 133 Å². The largest absolute Gasteiger partial charge is 0.309 e. The first kappa shape index (κ1) is 34.5. The van der Waals surface area contributed by atoms with Crippen molar-refractivity contribution < 1.29 is 0 Å². The van der Waals surface area contributed by atoms with Gasteiger partial charge in [-0.05, 0) is 102 Å². The van der Waals surface area contributed by atoms with Crippen LogP contribution in [0.25, 0.3) is 110 Å². The molecule has 0 radical (unpaired) electrons. The molecular weight excluding hydrogens is 757 g/mol. The Balaban J connectivity index is 1.03. The van der Waals surface area contributed by atoms with Gasteiger partial charge in [0, 0.05) is 43.9 Å². The molecule has 0 aliphatic heterocycles. The quantitative estimate of drug-likeness (QED) is 0.171. The normalized spacial score (nSPS) is 11.9. The average Bonchev–Trinajstić information content (AvgIpc) is 3.98. The van der Waals surface area contributed by atoms with Gasteiger partial charge in [0.15, 0.2) is 0 Å². The van der Waals surface area contributed by atoms with Crippen molar-refractivity contribution in [2.75, 3.05) is 0 Å². The van der Waals surface area contributed by atoms with Crippen LogP contribution in [0.3, 0.4) is 0 Å². The number of hydrogen-bond acceptors (Lipinski definition) is 1. The Hall–Kier alpha value is -8.41. The second-order valence-corrected chi connectivity index (χ2v) is 16.1. The van der Waals surface area contributed by atoms with Gasteiger partial charge < -0.3 is 9.13 Å². The van der Waals surface area contributed by atoms with Crippen molar-refractivity contribution >= 4 is 71.1 Å². The minimum absolute atomic E-state index is 0.0624. The van der Waals surface area contributed by atoms with Crippen LogP contribution in [0.1, 0.15) is 0 Å². The molecule has 0 saturated carbocycles. The molecule has 0 saturated heterocycles. The van der Waals surface area contributed by atoms with Crippen LogP contribution >= 0.6 is 0 Å². The van der Waals surface area contributed by atoms with Crippen molar-refractivity contribution in [2.45, 2.75) is 0 Å². The Labute approximate surface area is 355 Å². The Bertz CT molecular complexity index is 3980. The maximum absolute atomic E-state index is 15.2. The third kappa shape index (κ3) is 4.93. The fraction of sp³-hybridized carbons (Fsp3) is 0. The lowest BCUT2D eigenvalue weighted by Gasteiger charge is -2.16. The average molecular weight is 793 g/mol. The van der Waals surface area contributed by atoms with E-state index in [0.29, 0.717) is 5.39 Å². The Morgan fingerprint density at radius 1 is 0.274 bits per heavy atom. The van der Waals surface area contributed by atoms with Crippen LogP contribution in [-0.2, 0) is 0 Å². The fourth-order valence-corrected chi connectivity index (χ4v) is 10.1. The van der Waals surface area contributed by atoms with Crippen LogP contribution in [0, 0.1) is 0 Å². The molecule has 13 rings (SSSR count). The van der Waals surface area contributed by atoms with Gasteiger partial charge in [-0.15, -0.1) is 0 Å². The molecule has 62 heavy (non-hydrogen) atoms. The van der Waals surface area contributed by atoms with Gasteiger partial charge in [0.25, 0.3) is 5.56 Å². The van der Waals surface area contributed by atoms with E-state index in [1.807, 2.05) is 41.0 Å². The van der Waals surface area contributed by atoms with Crippen LogP contribution in [0.15, 0.2) is 223 Å². The number of benzene rings is 9. The molecule has 5 heteroatoms. The van der Waals surface area contributed by atoms with Gasteiger partial charge in [0.1, 0.15) is 5.65 Å². The maximum Gasteiger partial charge on any atom is 0.266 e. The standard InChI is InChI=1S/C57H36N4O/c62-57-48-36-42(30-33-54(48)61-51-27-15-12-24-45(51)55(37-16-4-1-5-17-37)56(61)60(57)41-20-8-3-9-21-41)59-50-26-14-11-23-44(50)47-35-39(29-32-53(47)59)38-28-31-52-46(34-38)43-22-10-13-25-49(43)58(52)40-18-6-2-7-19-40/h1-36H. The summed E-state index contributed by atoms with van der Waals surface area (Å²) < 4.78 is 8.84. The van der Waals surface area contributed by atoms with E-state index in [2.05, 4.69) is 196 Å². The first-order valence-corrected chi connectivity index (χ1v) is 21.1. The van der Waals surface area contributed by atoms with E-state index in [-0.39, 0.29) is 5.56 Å². The summed E-state index contributed by atoms with van der Waals surface area (Å²) >= 11 is 0. The molecule has 4 aromatic heterocycles. The van der Waals surface area contributed by atoms with Crippen molar-refractivity contribution in [3.63, 3.8) is 0 Å². The van der Waals surface area contributed by atoms with Gasteiger partial charge in [-0.3, -0.25) is 13.8 Å². The molecule has 0 unspecified atom stereocenters. The number of aromatic nitrogens is 4. The first-order valence-electron chi connectivity index (χ1n) is 21.1. The molecule has 0 amide bonds. The highest BCUT2D eigenvalue weighted by Crippen LogP contribution is 2.41. The van der Waals surface area contributed by atoms with E-state index in [1.54, 1.807) is 0 Å². The minimum atomic E-state index is -0.0624. The molecule has 13 aromatic rings. The lowest BCUT2D eigenvalue weighted by atomic mass is 10.0. The molecule has 4 heterocycles. The smallest absolute Gasteiger partial charge is 0.266 e. The molecule has 0 atom stereocenters. The second kappa shape index (κ2) is 13.3. The molecule has 9 aromatic carbocycles. The fourth-order valence-electron chi connectivity index (χ4n) is 10.1. The predicted octanol–water partition coefficient (Wildman–Crippen LogP) is 13.9. The van der Waals surface area contributed by atoms with E-state index in [0.717, 1.165) is 83.2 Å². The molecule has 5 nitrogen and oxygen atoms in total. The lowest BCUT2D eigenvalue weighted by molar-refractivity contribution is 1.01. The number of para-hydroxylation sites is 5. The lowest BCUT2D eigenvalue weighted by Crippen LogP contribution is -2.21. The molecular formula is C57H36N4O. The van der Waals surface area contributed by atoms with Crippen LogP contribution in [0.5, 0.6) is 0 Å². The van der Waals surface area contributed by atoms with Gasteiger partial charge in [-0.25, -0.2) is 0 Å². The van der Waals surface area contributed by atoms with Crippen molar-refractivity contribution in [3.8, 4) is 39.3 Å². The van der Waals surface area contributed by atoms with Crippen LogP contribution in [0.4, 0.5) is 0 Å². The van der Waals surface area contributed by atoms with E-state index in [1.165, 1.54) is 21.8 Å². The number of rotatable bonds is 5.